The van der Waals surface area contributed by atoms with Gasteiger partial charge >= 0.3 is 0 Å². The summed E-state index contributed by atoms with van der Waals surface area (Å²) in [5.74, 6) is 0.418. The minimum atomic E-state index is 0.418. The van der Waals surface area contributed by atoms with Crippen LogP contribution in [0.15, 0.2) is 60.7 Å². The molecule has 0 fully saturated rings. The molecule has 0 atom stereocenters. The van der Waals surface area contributed by atoms with Gasteiger partial charge in [-0.2, -0.15) is 0 Å². The zero-order valence-electron chi connectivity index (χ0n) is 11.5. The van der Waals surface area contributed by atoms with Gasteiger partial charge in [0.2, 0.25) is 0 Å². The second kappa shape index (κ2) is 5.02. The Morgan fingerprint density at radius 3 is 2.42 bits per heavy atom. The Morgan fingerprint density at radius 1 is 0.947 bits per heavy atom. The van der Waals surface area contributed by atoms with E-state index in [1.54, 1.807) is 0 Å². The van der Waals surface area contributed by atoms with Crippen LogP contribution < -0.4 is 0 Å². The summed E-state index contributed by atoms with van der Waals surface area (Å²) in [4.78, 5) is 2.23. The normalized spacial score (nSPS) is 14.9. The maximum absolute atomic E-state index is 2.28. The molecule has 3 rings (SSSR count). The lowest BCUT2D eigenvalue weighted by Crippen LogP contribution is -2.13. The molecule has 2 aromatic rings. The van der Waals surface area contributed by atoms with Crippen LogP contribution in [0.3, 0.4) is 0 Å². The van der Waals surface area contributed by atoms with E-state index in [1.165, 1.54) is 21.9 Å². The molecular weight excluding hydrogens is 230 g/mol. The standard InChI is InChI=1S/C18H19N/c1-19(2)13-16-12-11-14-7-5-6-10-17(14)18(16)15-8-3-4-9-15/h3-12,15H,13H2,1-2H3. The first-order chi connectivity index (χ1) is 9.25. The summed E-state index contributed by atoms with van der Waals surface area (Å²) < 4.78 is 0. The van der Waals surface area contributed by atoms with Gasteiger partial charge in [-0.3, -0.25) is 0 Å². The molecule has 1 aliphatic carbocycles. The summed E-state index contributed by atoms with van der Waals surface area (Å²) in [5.41, 5.74) is 2.88. The van der Waals surface area contributed by atoms with Crippen molar-refractivity contribution in [3.8, 4) is 0 Å². The number of fused-ring (bicyclic) bond motifs is 1. The van der Waals surface area contributed by atoms with Crippen molar-refractivity contribution in [3.63, 3.8) is 0 Å². The Balaban J connectivity index is 2.21. The van der Waals surface area contributed by atoms with Gasteiger partial charge in [-0.15, -0.1) is 0 Å². The highest BCUT2D eigenvalue weighted by atomic mass is 15.0. The second-order valence-electron chi connectivity index (χ2n) is 5.39. The molecule has 2 aromatic carbocycles. The van der Waals surface area contributed by atoms with Crippen LogP contribution in [0.25, 0.3) is 10.8 Å². The Bertz CT molecular complexity index is 638. The highest BCUT2D eigenvalue weighted by Gasteiger charge is 2.15. The van der Waals surface area contributed by atoms with Crippen LogP contribution >= 0.6 is 0 Å². The molecule has 0 heterocycles. The maximum Gasteiger partial charge on any atom is 0.0230 e. The quantitative estimate of drug-likeness (QED) is 0.791. The van der Waals surface area contributed by atoms with E-state index in [0.717, 1.165) is 6.54 Å². The topological polar surface area (TPSA) is 3.24 Å². The lowest BCUT2D eigenvalue weighted by atomic mass is 9.89. The lowest BCUT2D eigenvalue weighted by Gasteiger charge is -2.19. The number of allylic oxidation sites excluding steroid dienone is 4. The molecule has 0 unspecified atom stereocenters. The van der Waals surface area contributed by atoms with Gasteiger partial charge in [0.05, 0.1) is 0 Å². The summed E-state index contributed by atoms with van der Waals surface area (Å²) >= 11 is 0. The van der Waals surface area contributed by atoms with Gasteiger partial charge in [0.1, 0.15) is 0 Å². The molecule has 1 heteroatoms. The van der Waals surface area contributed by atoms with Gasteiger partial charge in [-0.05, 0) is 36.0 Å². The van der Waals surface area contributed by atoms with Crippen LogP contribution in [0.2, 0.25) is 0 Å². The van der Waals surface area contributed by atoms with E-state index < -0.39 is 0 Å². The van der Waals surface area contributed by atoms with Crippen LogP contribution in [-0.4, -0.2) is 19.0 Å². The Hall–Kier alpha value is -1.86. The summed E-state index contributed by atoms with van der Waals surface area (Å²) in [6.45, 7) is 0.984. The highest BCUT2D eigenvalue weighted by molar-refractivity contribution is 5.88. The molecule has 0 radical (unpaired) electrons. The van der Waals surface area contributed by atoms with Gasteiger partial charge in [0.25, 0.3) is 0 Å². The second-order valence-corrected chi connectivity index (χ2v) is 5.39. The van der Waals surface area contributed by atoms with E-state index in [2.05, 4.69) is 79.7 Å². The van der Waals surface area contributed by atoms with Gasteiger partial charge in [0.15, 0.2) is 0 Å². The molecule has 96 valence electrons. The SMILES string of the molecule is CN(C)Cc1ccc2ccccc2c1C1C=CC=C1. The van der Waals surface area contributed by atoms with Gasteiger partial charge < -0.3 is 4.90 Å². The highest BCUT2D eigenvalue weighted by Crippen LogP contribution is 2.33. The lowest BCUT2D eigenvalue weighted by molar-refractivity contribution is 0.401. The third-order valence-electron chi connectivity index (χ3n) is 3.63. The monoisotopic (exact) mass is 249 g/mol. The third-order valence-corrected chi connectivity index (χ3v) is 3.63. The van der Waals surface area contributed by atoms with Gasteiger partial charge in [0, 0.05) is 12.5 Å². The van der Waals surface area contributed by atoms with Crippen LogP contribution in [-0.2, 0) is 6.54 Å². The largest absolute Gasteiger partial charge is 0.305 e. The molecule has 0 amide bonds. The van der Waals surface area contributed by atoms with Gasteiger partial charge in [-0.1, -0.05) is 60.7 Å². The molecule has 1 nitrogen and oxygen atoms in total. The Labute approximate surface area is 114 Å². The van der Waals surface area contributed by atoms with E-state index >= 15 is 0 Å². The van der Waals surface area contributed by atoms with E-state index in [0.29, 0.717) is 5.92 Å². The van der Waals surface area contributed by atoms with E-state index in [-0.39, 0.29) is 0 Å². The molecule has 0 aromatic heterocycles. The smallest absolute Gasteiger partial charge is 0.0230 e. The number of nitrogens with zero attached hydrogens (tertiary/aromatic N) is 1. The summed E-state index contributed by atoms with van der Waals surface area (Å²) in [6, 6.07) is 13.2. The zero-order chi connectivity index (χ0) is 13.2. The minimum absolute atomic E-state index is 0.418. The molecule has 0 spiro atoms. The van der Waals surface area contributed by atoms with Crippen molar-refractivity contribution in [2.75, 3.05) is 14.1 Å². The maximum atomic E-state index is 2.28. The number of hydrogen-bond donors (Lipinski definition) is 0. The van der Waals surface area contributed by atoms with E-state index in [4.69, 9.17) is 0 Å². The zero-order valence-corrected chi connectivity index (χ0v) is 11.5. The fourth-order valence-electron chi connectivity index (χ4n) is 2.84. The van der Waals surface area contributed by atoms with Crippen molar-refractivity contribution in [1.29, 1.82) is 0 Å². The molecule has 0 saturated heterocycles. The van der Waals surface area contributed by atoms with E-state index in [9.17, 15) is 0 Å². The van der Waals surface area contributed by atoms with Gasteiger partial charge in [-0.25, -0.2) is 0 Å². The van der Waals surface area contributed by atoms with Crippen molar-refractivity contribution in [3.05, 3.63) is 71.8 Å². The van der Waals surface area contributed by atoms with E-state index in [1.807, 2.05) is 0 Å². The number of hydrogen-bond acceptors (Lipinski definition) is 1. The van der Waals surface area contributed by atoms with Crippen LogP contribution in [0, 0.1) is 0 Å². The molecule has 19 heavy (non-hydrogen) atoms. The molecule has 0 aliphatic heterocycles. The summed E-state index contributed by atoms with van der Waals surface area (Å²) in [6.07, 6.45) is 8.85. The third kappa shape index (κ3) is 2.34. The summed E-state index contributed by atoms with van der Waals surface area (Å²) in [7, 11) is 4.25. The Kier molecular flexibility index (Phi) is 3.22. The molecular formula is C18H19N. The average molecular weight is 249 g/mol. The van der Waals surface area contributed by atoms with Crippen molar-refractivity contribution in [2.24, 2.45) is 0 Å². The molecule has 0 saturated carbocycles. The number of benzene rings is 2. The fourth-order valence-corrected chi connectivity index (χ4v) is 2.84. The van der Waals surface area contributed by atoms with Crippen LogP contribution in [0.5, 0.6) is 0 Å². The number of rotatable bonds is 3. The van der Waals surface area contributed by atoms with Crippen molar-refractivity contribution < 1.29 is 0 Å². The predicted molar refractivity (Wildman–Crippen MR) is 82.4 cm³/mol. The molecule has 0 bridgehead atoms. The summed E-state index contributed by atoms with van der Waals surface area (Å²) in [5, 5.41) is 2.71. The first-order valence-electron chi connectivity index (χ1n) is 6.76. The average Bonchev–Trinajstić information content (AvgIpc) is 2.91. The molecule has 1 aliphatic rings. The van der Waals surface area contributed by atoms with Crippen molar-refractivity contribution in [2.45, 2.75) is 12.5 Å². The first kappa shape index (κ1) is 12.2. The van der Waals surface area contributed by atoms with Crippen LogP contribution in [0.1, 0.15) is 17.0 Å². The molecule has 0 N–H and O–H groups in total. The van der Waals surface area contributed by atoms with Crippen molar-refractivity contribution in [1.82, 2.24) is 4.90 Å². The predicted octanol–water partition coefficient (Wildman–Crippen LogP) is 4.11. The van der Waals surface area contributed by atoms with Crippen molar-refractivity contribution >= 4 is 10.8 Å². The fraction of sp³-hybridized carbons (Fsp3) is 0.222. The first-order valence-corrected chi connectivity index (χ1v) is 6.76. The minimum Gasteiger partial charge on any atom is -0.305 e. The Morgan fingerprint density at radius 2 is 1.68 bits per heavy atom. The van der Waals surface area contributed by atoms with Crippen LogP contribution in [0.4, 0.5) is 0 Å².